The molecule has 0 aliphatic carbocycles. The van der Waals surface area contributed by atoms with Crippen LogP contribution >= 0.6 is 23.2 Å². The molecule has 6 aromatic rings. The molecule has 0 aliphatic heterocycles. The fourth-order valence-corrected chi connectivity index (χ4v) is 5.37. The largest absolute Gasteiger partial charge is 0.350 e. The summed E-state index contributed by atoms with van der Waals surface area (Å²) in [6.07, 6.45) is 0. The first-order valence-corrected chi connectivity index (χ1v) is 13.9. The van der Waals surface area contributed by atoms with Gasteiger partial charge in [0.2, 0.25) is 0 Å². The van der Waals surface area contributed by atoms with Crippen LogP contribution in [0.15, 0.2) is 103 Å². The van der Waals surface area contributed by atoms with Gasteiger partial charge in [0.05, 0.1) is 12.1 Å². The van der Waals surface area contributed by atoms with E-state index in [0.29, 0.717) is 21.4 Å². The average molecular weight is 582 g/mol. The molecule has 6 rings (SSSR count). The maximum atomic E-state index is 13.4. The number of halogens is 2. The van der Waals surface area contributed by atoms with Crippen molar-refractivity contribution >= 4 is 56.8 Å². The van der Waals surface area contributed by atoms with Gasteiger partial charge in [0.15, 0.2) is 0 Å². The van der Waals surface area contributed by atoms with Gasteiger partial charge in [-0.05, 0) is 60.0 Å². The minimum Gasteiger partial charge on any atom is -0.350 e. The lowest BCUT2D eigenvalue weighted by atomic mass is 9.95. The SMILES string of the molecule is C[C@@H](NC(=O)c1cc2ccc(Cl)cc2[nH]1)c1cccc([C@H](NC(=O)c2cc3ccc(Cl)cc3[nH]2)c2ccccc2)c1. The summed E-state index contributed by atoms with van der Waals surface area (Å²) in [5, 5.41) is 9.28. The topological polar surface area (TPSA) is 89.8 Å². The summed E-state index contributed by atoms with van der Waals surface area (Å²) >= 11 is 12.2. The van der Waals surface area contributed by atoms with Crippen molar-refractivity contribution in [3.8, 4) is 0 Å². The molecule has 2 aromatic heterocycles. The maximum absolute atomic E-state index is 13.4. The van der Waals surface area contributed by atoms with Gasteiger partial charge in [-0.3, -0.25) is 9.59 Å². The molecule has 0 aliphatic rings. The molecule has 0 fully saturated rings. The van der Waals surface area contributed by atoms with Gasteiger partial charge >= 0.3 is 0 Å². The number of nitrogens with one attached hydrogen (secondary N) is 4. The zero-order valence-electron chi connectivity index (χ0n) is 22.0. The van der Waals surface area contributed by atoms with Crippen molar-refractivity contribution in [1.29, 1.82) is 0 Å². The average Bonchev–Trinajstić information content (AvgIpc) is 3.60. The van der Waals surface area contributed by atoms with E-state index in [1.807, 2.05) is 85.8 Å². The molecular weight excluding hydrogens is 555 g/mol. The second-order valence-corrected chi connectivity index (χ2v) is 10.9. The lowest BCUT2D eigenvalue weighted by Gasteiger charge is -2.22. The van der Waals surface area contributed by atoms with Crippen LogP contribution in [0.2, 0.25) is 10.0 Å². The third-order valence-corrected chi connectivity index (χ3v) is 7.63. The van der Waals surface area contributed by atoms with E-state index in [-0.39, 0.29) is 17.9 Å². The van der Waals surface area contributed by atoms with E-state index in [1.54, 1.807) is 24.3 Å². The fourth-order valence-electron chi connectivity index (χ4n) is 5.02. The molecule has 41 heavy (non-hydrogen) atoms. The van der Waals surface area contributed by atoms with Crippen LogP contribution in [0.1, 0.15) is 56.7 Å². The van der Waals surface area contributed by atoms with Crippen LogP contribution in [-0.2, 0) is 0 Å². The third kappa shape index (κ3) is 5.71. The van der Waals surface area contributed by atoms with E-state index >= 15 is 0 Å². The molecule has 8 heteroatoms. The number of fused-ring (bicyclic) bond motifs is 2. The van der Waals surface area contributed by atoms with Gasteiger partial charge in [0.25, 0.3) is 11.8 Å². The molecule has 0 bridgehead atoms. The monoisotopic (exact) mass is 580 g/mol. The maximum Gasteiger partial charge on any atom is 0.268 e. The highest BCUT2D eigenvalue weighted by Gasteiger charge is 2.21. The molecule has 6 nitrogen and oxygen atoms in total. The van der Waals surface area contributed by atoms with Crippen LogP contribution in [0, 0.1) is 0 Å². The van der Waals surface area contributed by atoms with Gasteiger partial charge in [-0.1, -0.05) is 89.9 Å². The lowest BCUT2D eigenvalue weighted by molar-refractivity contribution is 0.0930. The molecule has 0 unspecified atom stereocenters. The van der Waals surface area contributed by atoms with Crippen LogP contribution in [-0.4, -0.2) is 21.8 Å². The number of H-pyrrole nitrogens is 2. The Bertz CT molecular complexity index is 1890. The number of hydrogen-bond donors (Lipinski definition) is 4. The van der Waals surface area contributed by atoms with Crippen LogP contribution < -0.4 is 10.6 Å². The number of hydrogen-bond acceptors (Lipinski definition) is 2. The van der Waals surface area contributed by atoms with E-state index in [9.17, 15) is 9.59 Å². The molecule has 0 radical (unpaired) electrons. The molecule has 4 N–H and O–H groups in total. The Morgan fingerprint density at radius 3 is 1.76 bits per heavy atom. The third-order valence-electron chi connectivity index (χ3n) is 7.16. The highest BCUT2D eigenvalue weighted by molar-refractivity contribution is 6.31. The van der Waals surface area contributed by atoms with Crippen LogP contribution in [0.4, 0.5) is 0 Å². The molecule has 4 aromatic carbocycles. The zero-order valence-corrected chi connectivity index (χ0v) is 23.6. The Labute approximate surface area is 246 Å². The number of benzene rings is 4. The summed E-state index contributed by atoms with van der Waals surface area (Å²) in [5.74, 6) is -0.459. The lowest BCUT2D eigenvalue weighted by Crippen LogP contribution is -2.30. The van der Waals surface area contributed by atoms with Crippen molar-refractivity contribution in [2.24, 2.45) is 0 Å². The van der Waals surface area contributed by atoms with E-state index in [4.69, 9.17) is 23.2 Å². The summed E-state index contributed by atoms with van der Waals surface area (Å²) in [7, 11) is 0. The molecular formula is C33H26Cl2N4O2. The molecule has 0 spiro atoms. The van der Waals surface area contributed by atoms with Gasteiger partial charge < -0.3 is 20.6 Å². The number of amides is 2. The molecule has 2 amide bonds. The molecule has 2 atom stereocenters. The first-order valence-electron chi connectivity index (χ1n) is 13.2. The first kappa shape index (κ1) is 26.7. The standard InChI is InChI=1S/C33H26Cl2N4O2/c1-19(36-32(40)29-15-22-10-12-25(34)17-27(22)37-29)21-8-5-9-24(14-21)31(20-6-3-2-4-7-20)39-33(41)30-16-23-11-13-26(35)18-28(23)38-30/h2-19,31,37-38H,1H3,(H,36,40)(H,39,41)/t19-,31-/m1/s1. The number of rotatable bonds is 7. The second kappa shape index (κ2) is 11.2. The van der Waals surface area contributed by atoms with E-state index in [1.165, 1.54) is 0 Å². The smallest absolute Gasteiger partial charge is 0.268 e. The Morgan fingerprint density at radius 2 is 1.15 bits per heavy atom. The second-order valence-electron chi connectivity index (χ2n) is 10.0. The van der Waals surface area contributed by atoms with E-state index in [2.05, 4.69) is 20.6 Å². The summed E-state index contributed by atoms with van der Waals surface area (Å²) in [4.78, 5) is 32.8. The van der Waals surface area contributed by atoms with Crippen molar-refractivity contribution in [1.82, 2.24) is 20.6 Å². The van der Waals surface area contributed by atoms with Gasteiger partial charge in [0, 0.05) is 31.9 Å². The Balaban J connectivity index is 1.25. The molecule has 2 heterocycles. The summed E-state index contributed by atoms with van der Waals surface area (Å²) in [6.45, 7) is 1.93. The van der Waals surface area contributed by atoms with Gasteiger partial charge in [-0.15, -0.1) is 0 Å². The summed E-state index contributed by atoms with van der Waals surface area (Å²) in [5.41, 5.74) is 5.23. The molecule has 0 saturated heterocycles. The number of carbonyl (C=O) groups is 2. The van der Waals surface area contributed by atoms with Gasteiger partial charge in [-0.25, -0.2) is 0 Å². The van der Waals surface area contributed by atoms with Gasteiger partial charge in [-0.2, -0.15) is 0 Å². The predicted octanol–water partition coefficient (Wildman–Crippen LogP) is 7.97. The highest BCUT2D eigenvalue weighted by atomic mass is 35.5. The van der Waals surface area contributed by atoms with Crippen LogP contribution in [0.5, 0.6) is 0 Å². The van der Waals surface area contributed by atoms with Crippen molar-refractivity contribution in [3.63, 3.8) is 0 Å². The predicted molar refractivity (Wildman–Crippen MR) is 165 cm³/mol. The number of aromatic amines is 2. The van der Waals surface area contributed by atoms with Crippen molar-refractivity contribution in [2.75, 3.05) is 0 Å². The Morgan fingerprint density at radius 1 is 0.610 bits per heavy atom. The van der Waals surface area contributed by atoms with Crippen LogP contribution in [0.3, 0.4) is 0 Å². The van der Waals surface area contributed by atoms with Crippen LogP contribution in [0.25, 0.3) is 21.8 Å². The van der Waals surface area contributed by atoms with E-state index < -0.39 is 6.04 Å². The molecule has 204 valence electrons. The Hall–Kier alpha value is -4.52. The van der Waals surface area contributed by atoms with Crippen molar-refractivity contribution in [2.45, 2.75) is 19.0 Å². The Kier molecular flexibility index (Phi) is 7.26. The molecule has 0 saturated carbocycles. The van der Waals surface area contributed by atoms with Crippen molar-refractivity contribution in [3.05, 3.63) is 141 Å². The fraction of sp³-hybridized carbons (Fsp3) is 0.0909. The van der Waals surface area contributed by atoms with Crippen molar-refractivity contribution < 1.29 is 9.59 Å². The number of carbonyl (C=O) groups excluding carboxylic acids is 2. The summed E-state index contributed by atoms with van der Waals surface area (Å²) in [6, 6.07) is 31.5. The zero-order chi connectivity index (χ0) is 28.5. The minimum absolute atomic E-state index is 0.220. The highest BCUT2D eigenvalue weighted by Crippen LogP contribution is 2.27. The van der Waals surface area contributed by atoms with Gasteiger partial charge in [0.1, 0.15) is 11.4 Å². The summed E-state index contributed by atoms with van der Waals surface area (Å²) < 4.78 is 0. The normalized spacial score (nSPS) is 12.8. The quantitative estimate of drug-likeness (QED) is 0.154. The minimum atomic E-state index is -0.417. The number of aromatic nitrogens is 2. The van der Waals surface area contributed by atoms with E-state index in [0.717, 1.165) is 38.5 Å². The first-order chi connectivity index (χ1) is 19.8.